The third kappa shape index (κ3) is 3.01. The number of nitrogens with one attached hydrogen (secondary N) is 1. The van der Waals surface area contributed by atoms with Crippen molar-refractivity contribution in [3.63, 3.8) is 0 Å². The molecule has 1 rings (SSSR count). The van der Waals surface area contributed by atoms with Gasteiger partial charge in [0.05, 0.1) is 6.61 Å². The summed E-state index contributed by atoms with van der Waals surface area (Å²) in [7, 11) is 0. The van der Waals surface area contributed by atoms with Crippen LogP contribution in [-0.4, -0.2) is 34.0 Å². The molecular weight excluding hydrogens is 218 g/mol. The highest BCUT2D eigenvalue weighted by Gasteiger charge is 2.08. The Labute approximate surface area is 90.3 Å². The summed E-state index contributed by atoms with van der Waals surface area (Å²) < 4.78 is 18.3. The van der Waals surface area contributed by atoms with Crippen molar-refractivity contribution in [2.45, 2.75) is 19.8 Å². The number of aromatic amines is 1. The van der Waals surface area contributed by atoms with Crippen LogP contribution in [0.2, 0.25) is 0 Å². The zero-order valence-corrected chi connectivity index (χ0v) is 8.77. The number of hydrogen-bond acceptors (Lipinski definition) is 4. The molecule has 1 aromatic heterocycles. The van der Waals surface area contributed by atoms with Crippen LogP contribution in [0, 0.1) is 6.92 Å². The highest BCUT2D eigenvalue weighted by Crippen LogP contribution is 1.96. The topological polar surface area (TPSA) is 84.3 Å². The summed E-state index contributed by atoms with van der Waals surface area (Å²) in [6.45, 7) is 0.0430. The summed E-state index contributed by atoms with van der Waals surface area (Å²) in [5, 5.41) is 8.68. The van der Waals surface area contributed by atoms with Crippen LogP contribution in [-0.2, 0) is 11.5 Å². The first-order chi connectivity index (χ1) is 7.58. The molecule has 1 heterocycles. The van der Waals surface area contributed by atoms with E-state index in [1.807, 2.05) is 0 Å². The van der Waals surface area contributed by atoms with Crippen molar-refractivity contribution in [2.75, 3.05) is 13.3 Å². The lowest BCUT2D eigenvalue weighted by Gasteiger charge is -2.14. The Bertz CT molecular complexity index is 450. The number of nitrogens with zero attached hydrogens (tertiary/aromatic N) is 1. The summed E-state index contributed by atoms with van der Waals surface area (Å²) >= 11 is 0. The number of halogens is 1. The molecule has 0 aliphatic rings. The Morgan fingerprint density at radius 3 is 2.81 bits per heavy atom. The van der Waals surface area contributed by atoms with Gasteiger partial charge in [-0.25, -0.2) is 9.18 Å². The first-order valence-electron chi connectivity index (χ1n) is 4.67. The lowest BCUT2D eigenvalue weighted by atomic mass is 10.4. The molecule has 0 saturated carbocycles. The van der Waals surface area contributed by atoms with Crippen LogP contribution in [0.4, 0.5) is 4.39 Å². The van der Waals surface area contributed by atoms with E-state index in [0.29, 0.717) is 5.69 Å². The molecule has 0 aliphatic carbocycles. The van der Waals surface area contributed by atoms with E-state index in [1.54, 1.807) is 6.92 Å². The summed E-state index contributed by atoms with van der Waals surface area (Å²) in [6, 6.07) is 1.23. The monoisotopic (exact) mass is 231 g/mol. The van der Waals surface area contributed by atoms with E-state index in [1.165, 1.54) is 6.07 Å². The summed E-state index contributed by atoms with van der Waals surface area (Å²) in [6.07, 6.45) is -0.960. The third-order valence-corrected chi connectivity index (χ3v) is 2.06. The molecule has 0 amide bonds. The SMILES string of the molecule is Cc1cc(=O)[nH]c(=O)n1COC(CO)C[18F]. The first kappa shape index (κ1) is 12.6. The lowest BCUT2D eigenvalue weighted by molar-refractivity contribution is -0.0370. The zero-order chi connectivity index (χ0) is 12.1. The van der Waals surface area contributed by atoms with Gasteiger partial charge in [-0.3, -0.25) is 14.3 Å². The van der Waals surface area contributed by atoms with Gasteiger partial charge < -0.3 is 9.84 Å². The number of aromatic nitrogens is 2. The van der Waals surface area contributed by atoms with Gasteiger partial charge in [0.25, 0.3) is 5.56 Å². The largest absolute Gasteiger partial charge is 0.394 e. The highest BCUT2D eigenvalue weighted by molar-refractivity contribution is 4.97. The van der Waals surface area contributed by atoms with Crippen LogP contribution in [0.1, 0.15) is 5.69 Å². The molecule has 1 atom stereocenters. The quantitative estimate of drug-likeness (QED) is 0.691. The van der Waals surface area contributed by atoms with Gasteiger partial charge in [0, 0.05) is 11.8 Å². The van der Waals surface area contributed by atoms with Crippen LogP contribution in [0.15, 0.2) is 15.7 Å². The molecule has 0 radical (unpaired) electrons. The number of hydrogen-bond donors (Lipinski definition) is 2. The number of aliphatic hydroxyl groups excluding tert-OH is 1. The molecule has 6 nitrogen and oxygen atoms in total. The van der Waals surface area contributed by atoms with Crippen LogP contribution in [0.25, 0.3) is 0 Å². The molecule has 7 heteroatoms. The maximum atomic E-state index is 12.2. The van der Waals surface area contributed by atoms with Gasteiger partial charge in [-0.05, 0) is 6.92 Å². The van der Waals surface area contributed by atoms with Crippen molar-refractivity contribution in [3.05, 3.63) is 32.6 Å². The van der Waals surface area contributed by atoms with Crippen LogP contribution in [0.5, 0.6) is 0 Å². The van der Waals surface area contributed by atoms with E-state index in [0.717, 1.165) is 4.57 Å². The number of H-pyrrole nitrogens is 1. The molecule has 0 fully saturated rings. The number of rotatable bonds is 5. The number of aliphatic hydroxyl groups is 1. The zero-order valence-electron chi connectivity index (χ0n) is 8.77. The fourth-order valence-electron chi connectivity index (χ4n) is 1.12. The molecule has 0 aromatic carbocycles. The van der Waals surface area contributed by atoms with Crippen molar-refractivity contribution < 1.29 is 14.2 Å². The van der Waals surface area contributed by atoms with E-state index in [4.69, 9.17) is 9.84 Å². The van der Waals surface area contributed by atoms with E-state index in [-0.39, 0.29) is 6.73 Å². The second kappa shape index (κ2) is 5.57. The van der Waals surface area contributed by atoms with E-state index in [2.05, 4.69) is 4.98 Å². The summed E-state index contributed by atoms with van der Waals surface area (Å²) in [4.78, 5) is 24.3. The maximum absolute atomic E-state index is 12.2. The number of alkyl halides is 1. The molecule has 0 saturated heterocycles. The highest BCUT2D eigenvalue weighted by atomic mass is 18.2. The van der Waals surface area contributed by atoms with Crippen LogP contribution >= 0.6 is 0 Å². The Hall–Kier alpha value is -1.47. The Morgan fingerprint density at radius 1 is 1.62 bits per heavy atom. The van der Waals surface area contributed by atoms with Gasteiger partial charge in [-0.1, -0.05) is 0 Å². The smallest absolute Gasteiger partial charge is 0.330 e. The molecular formula is C9H13FN2O4. The van der Waals surface area contributed by atoms with Crippen LogP contribution < -0.4 is 11.2 Å². The van der Waals surface area contributed by atoms with Crippen molar-refractivity contribution in [1.82, 2.24) is 9.55 Å². The minimum absolute atomic E-state index is 0.212. The molecule has 2 N–H and O–H groups in total. The predicted octanol–water partition coefficient (Wildman–Crippen LogP) is -0.850. The number of aryl methyl sites for hydroxylation is 1. The predicted molar refractivity (Wildman–Crippen MR) is 54.0 cm³/mol. The Morgan fingerprint density at radius 2 is 2.31 bits per heavy atom. The molecule has 1 aromatic rings. The molecule has 1 unspecified atom stereocenters. The van der Waals surface area contributed by atoms with Crippen molar-refractivity contribution in [2.24, 2.45) is 0 Å². The van der Waals surface area contributed by atoms with E-state index < -0.39 is 30.6 Å². The second-order valence-corrected chi connectivity index (χ2v) is 3.26. The number of ether oxygens (including phenoxy) is 1. The fraction of sp³-hybridized carbons (Fsp3) is 0.556. The maximum Gasteiger partial charge on any atom is 0.330 e. The third-order valence-electron chi connectivity index (χ3n) is 2.06. The summed E-state index contributed by atoms with van der Waals surface area (Å²) in [5.74, 6) is 0. The van der Waals surface area contributed by atoms with Gasteiger partial charge in [0.1, 0.15) is 19.5 Å². The van der Waals surface area contributed by atoms with Crippen molar-refractivity contribution >= 4 is 0 Å². The summed E-state index contributed by atoms with van der Waals surface area (Å²) in [5.41, 5.74) is -0.715. The second-order valence-electron chi connectivity index (χ2n) is 3.26. The minimum atomic E-state index is -0.960. The van der Waals surface area contributed by atoms with Gasteiger partial charge in [-0.15, -0.1) is 0 Å². The first-order valence-corrected chi connectivity index (χ1v) is 4.67. The fourth-order valence-corrected chi connectivity index (χ4v) is 1.12. The molecule has 90 valence electrons. The average Bonchev–Trinajstić information content (AvgIpc) is 2.22. The van der Waals surface area contributed by atoms with Crippen LogP contribution in [0.3, 0.4) is 0 Å². The van der Waals surface area contributed by atoms with Gasteiger partial charge in [0.2, 0.25) is 0 Å². The lowest BCUT2D eigenvalue weighted by Crippen LogP contribution is -2.33. The normalized spacial score (nSPS) is 12.7. The minimum Gasteiger partial charge on any atom is -0.394 e. The Kier molecular flexibility index (Phi) is 4.39. The molecule has 0 aliphatic heterocycles. The van der Waals surface area contributed by atoms with Crippen molar-refractivity contribution in [1.29, 1.82) is 0 Å². The Balaban J connectivity index is 2.82. The molecule has 0 spiro atoms. The van der Waals surface area contributed by atoms with E-state index in [9.17, 15) is 14.0 Å². The van der Waals surface area contributed by atoms with Gasteiger partial charge in [0.15, 0.2) is 0 Å². The van der Waals surface area contributed by atoms with E-state index >= 15 is 0 Å². The van der Waals surface area contributed by atoms with Gasteiger partial charge >= 0.3 is 5.69 Å². The van der Waals surface area contributed by atoms with Crippen molar-refractivity contribution in [3.8, 4) is 0 Å². The standard InChI is InChI=1S/C9H13FN2O4/c1-6-2-8(14)11-9(15)12(6)5-16-7(3-10)4-13/h2,7,13H,3-5H2,1H3,(H,11,14,15)/i10-1. The molecule has 0 bridgehead atoms. The molecule has 16 heavy (non-hydrogen) atoms. The van der Waals surface area contributed by atoms with Gasteiger partial charge in [-0.2, -0.15) is 0 Å². The average molecular weight is 231 g/mol.